The van der Waals surface area contributed by atoms with Crippen molar-refractivity contribution < 1.29 is 14.3 Å². The Balaban J connectivity index is 1.17. The van der Waals surface area contributed by atoms with Crippen molar-refractivity contribution in [2.24, 2.45) is 7.05 Å². The zero-order valence-electron chi connectivity index (χ0n) is 29.5. The van der Waals surface area contributed by atoms with Gasteiger partial charge in [0.1, 0.15) is 5.75 Å². The zero-order valence-corrected chi connectivity index (χ0v) is 30.3. The number of nitrogens with zero attached hydrogens (tertiary/aromatic N) is 5. The molecule has 0 saturated heterocycles. The minimum Gasteiger partial charge on any atom is -0.497 e. The molecule has 0 bridgehead atoms. The normalized spacial score (nSPS) is 13.1. The summed E-state index contributed by atoms with van der Waals surface area (Å²) >= 11 is 1.63. The molecule has 0 saturated carbocycles. The first-order chi connectivity index (χ1) is 25.2. The smallest absolute Gasteiger partial charge is 0.262 e. The molecule has 0 fully saturated rings. The maximum Gasteiger partial charge on any atom is 0.262 e. The van der Waals surface area contributed by atoms with Crippen LogP contribution in [0.4, 0.5) is 0 Å². The van der Waals surface area contributed by atoms with E-state index in [0.717, 1.165) is 76.9 Å². The number of carbonyl (C=O) groups is 2. The molecule has 8 nitrogen and oxygen atoms in total. The second kappa shape index (κ2) is 13.2. The third kappa shape index (κ3) is 5.69. The van der Waals surface area contributed by atoms with Crippen molar-refractivity contribution >= 4 is 45.2 Å². The van der Waals surface area contributed by atoms with Crippen LogP contribution in [0.3, 0.4) is 0 Å². The third-order valence-corrected chi connectivity index (χ3v) is 10.7. The second-order valence-electron chi connectivity index (χ2n) is 12.9. The van der Waals surface area contributed by atoms with Gasteiger partial charge in [0, 0.05) is 56.9 Å². The Morgan fingerprint density at radius 1 is 0.712 bits per heavy atom. The van der Waals surface area contributed by atoms with Crippen LogP contribution in [0.25, 0.3) is 56.0 Å². The van der Waals surface area contributed by atoms with Crippen LogP contribution in [0, 0.1) is 20.8 Å². The lowest BCUT2D eigenvalue weighted by Crippen LogP contribution is -2.31. The number of hydrogen-bond donors (Lipinski definition) is 0. The Hall–Kier alpha value is -6.19. The fourth-order valence-corrected chi connectivity index (χ4v) is 7.98. The minimum atomic E-state index is -0.306. The van der Waals surface area contributed by atoms with Gasteiger partial charge in [-0.1, -0.05) is 36.4 Å². The molecule has 0 aliphatic carbocycles. The summed E-state index contributed by atoms with van der Waals surface area (Å²) < 4.78 is 7.64. The molecule has 2 aromatic carbocycles. The molecule has 0 N–H and O–H groups in total. The lowest BCUT2D eigenvalue weighted by Gasteiger charge is -2.16. The molecule has 9 heteroatoms. The predicted molar refractivity (Wildman–Crippen MR) is 207 cm³/mol. The number of hydrogen-bond acceptors (Lipinski definition) is 7. The Bertz CT molecular complexity index is 2490. The molecule has 0 spiro atoms. The van der Waals surface area contributed by atoms with Crippen LogP contribution in [0.2, 0.25) is 0 Å². The fraction of sp³-hybridized carbons (Fsp3) is 0.140. The average Bonchev–Trinajstić information content (AvgIpc) is 3.73. The molecule has 52 heavy (non-hydrogen) atoms. The number of methoxy groups -OCH3 is 1. The van der Waals surface area contributed by atoms with Crippen LogP contribution in [-0.4, -0.2) is 43.3 Å². The van der Waals surface area contributed by atoms with Gasteiger partial charge in [0.15, 0.2) is 0 Å². The molecule has 0 atom stereocenters. The van der Waals surface area contributed by atoms with Crippen LogP contribution < -0.4 is 4.74 Å². The maximum atomic E-state index is 14.6. The lowest BCUT2D eigenvalue weighted by atomic mass is 9.94. The number of aryl methyl sites for hydroxylation is 3. The number of benzene rings is 2. The molecule has 2 amide bonds. The fourth-order valence-electron chi connectivity index (χ4n) is 7.05. The number of fused-ring (bicyclic) bond motifs is 1. The highest BCUT2D eigenvalue weighted by molar-refractivity contribution is 7.12. The number of thiophene rings is 1. The first-order valence-corrected chi connectivity index (χ1v) is 17.8. The summed E-state index contributed by atoms with van der Waals surface area (Å²) in [5.74, 6) is 0.0876. The highest BCUT2D eigenvalue weighted by atomic mass is 32.1. The number of aromatic nitrogens is 4. The maximum absolute atomic E-state index is 14.6. The van der Waals surface area contributed by atoms with Crippen LogP contribution in [0.5, 0.6) is 5.75 Å². The van der Waals surface area contributed by atoms with E-state index >= 15 is 0 Å². The standard InChI is InChI=1S/C43H35N5O3S/c1-25-20-32(27(3)52-25)40-41(39-26(2)47(4)38-17-16-31(51-5)23-33(38)39)43(50)48(42(40)49)24-28-12-14-29(15-13-28)30-21-36(34-10-6-8-18-44-34)46-37(22-30)35-11-7-9-19-45-35/h6-23H,24H2,1-5H3. The second-order valence-corrected chi connectivity index (χ2v) is 14.4. The summed E-state index contributed by atoms with van der Waals surface area (Å²) in [5, 5.41) is 0.872. The van der Waals surface area contributed by atoms with Gasteiger partial charge in [-0.3, -0.25) is 24.5 Å². The summed E-state index contributed by atoms with van der Waals surface area (Å²) in [6.07, 6.45) is 3.51. The van der Waals surface area contributed by atoms with E-state index in [0.29, 0.717) is 16.9 Å². The molecule has 7 aromatic rings. The first kappa shape index (κ1) is 33.0. The van der Waals surface area contributed by atoms with Crippen molar-refractivity contribution in [3.8, 4) is 39.7 Å². The van der Waals surface area contributed by atoms with Crippen molar-refractivity contribution in [3.63, 3.8) is 0 Å². The highest BCUT2D eigenvalue weighted by Gasteiger charge is 2.42. The topological polar surface area (TPSA) is 90.2 Å². The first-order valence-electron chi connectivity index (χ1n) is 17.0. The van der Waals surface area contributed by atoms with Gasteiger partial charge in [0.2, 0.25) is 0 Å². The van der Waals surface area contributed by atoms with Crippen molar-refractivity contribution in [1.29, 1.82) is 0 Å². The Kier molecular flexibility index (Phi) is 8.35. The van der Waals surface area contributed by atoms with Gasteiger partial charge in [0.25, 0.3) is 11.8 Å². The minimum absolute atomic E-state index is 0.134. The summed E-state index contributed by atoms with van der Waals surface area (Å²) in [6.45, 7) is 6.16. The highest BCUT2D eigenvalue weighted by Crippen LogP contribution is 2.44. The van der Waals surface area contributed by atoms with E-state index in [2.05, 4.69) is 14.5 Å². The Morgan fingerprint density at radius 3 is 1.94 bits per heavy atom. The molecule has 6 heterocycles. The average molecular weight is 702 g/mol. The number of imide groups is 1. The Labute approximate surface area is 305 Å². The van der Waals surface area contributed by atoms with Crippen molar-refractivity contribution in [2.45, 2.75) is 27.3 Å². The van der Waals surface area contributed by atoms with Gasteiger partial charge in [-0.2, -0.15) is 0 Å². The summed E-state index contributed by atoms with van der Waals surface area (Å²) in [4.78, 5) is 46.5. The molecule has 1 aliphatic heterocycles. The summed E-state index contributed by atoms with van der Waals surface area (Å²) in [7, 11) is 3.61. The van der Waals surface area contributed by atoms with E-state index in [1.807, 2.05) is 125 Å². The van der Waals surface area contributed by atoms with Crippen LogP contribution >= 0.6 is 11.3 Å². The molecule has 8 rings (SSSR count). The van der Waals surface area contributed by atoms with Gasteiger partial charge in [-0.05, 0) is 98.1 Å². The molecule has 0 unspecified atom stereocenters. The van der Waals surface area contributed by atoms with Crippen LogP contribution in [-0.2, 0) is 23.2 Å². The Morgan fingerprint density at radius 2 is 1.37 bits per heavy atom. The van der Waals surface area contributed by atoms with E-state index in [-0.39, 0.29) is 18.4 Å². The van der Waals surface area contributed by atoms with E-state index in [1.54, 1.807) is 30.8 Å². The van der Waals surface area contributed by atoms with E-state index in [9.17, 15) is 9.59 Å². The van der Waals surface area contributed by atoms with Crippen LogP contribution in [0.15, 0.2) is 109 Å². The SMILES string of the molecule is COc1ccc2c(c1)c(C1=C(c3cc(C)sc3C)C(=O)N(Cc3ccc(-c4cc(-c5ccccn5)nc(-c5ccccn5)c4)cc3)C1=O)c(C)n2C. The molecular formula is C43H35N5O3S. The van der Waals surface area contributed by atoms with Gasteiger partial charge in [-0.25, -0.2) is 4.98 Å². The number of pyridine rings is 3. The summed E-state index contributed by atoms with van der Waals surface area (Å²) in [5.41, 5.74) is 10.1. The molecule has 0 radical (unpaired) electrons. The monoisotopic (exact) mass is 701 g/mol. The number of amides is 2. The predicted octanol–water partition coefficient (Wildman–Crippen LogP) is 8.84. The largest absolute Gasteiger partial charge is 0.497 e. The van der Waals surface area contributed by atoms with Crippen molar-refractivity contribution in [3.05, 3.63) is 142 Å². The van der Waals surface area contributed by atoms with Gasteiger partial charge < -0.3 is 9.30 Å². The van der Waals surface area contributed by atoms with E-state index in [1.165, 1.54) is 4.90 Å². The van der Waals surface area contributed by atoms with Crippen molar-refractivity contribution in [1.82, 2.24) is 24.4 Å². The third-order valence-electron chi connectivity index (χ3n) is 9.74. The number of carbonyl (C=O) groups excluding carboxylic acids is 2. The zero-order chi connectivity index (χ0) is 36.1. The number of ether oxygens (including phenoxy) is 1. The van der Waals surface area contributed by atoms with E-state index in [4.69, 9.17) is 9.72 Å². The van der Waals surface area contributed by atoms with Gasteiger partial charge in [-0.15, -0.1) is 11.3 Å². The number of rotatable bonds is 8. The summed E-state index contributed by atoms with van der Waals surface area (Å²) in [6, 6.07) is 31.4. The molecule has 1 aliphatic rings. The van der Waals surface area contributed by atoms with Gasteiger partial charge in [0.05, 0.1) is 47.6 Å². The van der Waals surface area contributed by atoms with E-state index < -0.39 is 0 Å². The molecule has 256 valence electrons. The van der Waals surface area contributed by atoms with Crippen molar-refractivity contribution in [2.75, 3.05) is 7.11 Å². The molecule has 5 aromatic heterocycles. The van der Waals surface area contributed by atoms with Crippen LogP contribution in [0.1, 0.15) is 32.1 Å². The quantitative estimate of drug-likeness (QED) is 0.147. The molecular weight excluding hydrogens is 667 g/mol. The van der Waals surface area contributed by atoms with Gasteiger partial charge >= 0.3 is 0 Å². The lowest BCUT2D eigenvalue weighted by molar-refractivity contribution is -0.136.